The Balaban J connectivity index is 2.53. The molecule has 0 amide bonds. The number of benzene rings is 1. The Morgan fingerprint density at radius 1 is 1.29 bits per heavy atom. The molecule has 4 heteroatoms. The van der Waals surface area contributed by atoms with E-state index in [0.717, 1.165) is 17.5 Å². The van der Waals surface area contributed by atoms with Crippen LogP contribution in [-0.4, -0.2) is 16.1 Å². The molecule has 17 heavy (non-hydrogen) atoms. The lowest BCUT2D eigenvalue weighted by molar-refractivity contribution is 0.111. The minimum atomic E-state index is 0.203. The molecule has 1 heterocycles. The molecule has 0 unspecified atom stereocenters. The normalized spacial score (nSPS) is 10.8. The van der Waals surface area contributed by atoms with E-state index in [9.17, 15) is 4.79 Å². The van der Waals surface area contributed by atoms with E-state index in [1.54, 1.807) is 6.07 Å². The van der Waals surface area contributed by atoms with Gasteiger partial charge in [0.2, 0.25) is 0 Å². The molecule has 0 aliphatic heterocycles. The van der Waals surface area contributed by atoms with Gasteiger partial charge in [0, 0.05) is 11.1 Å². The fourth-order valence-electron chi connectivity index (χ4n) is 1.70. The van der Waals surface area contributed by atoms with Crippen LogP contribution in [0.1, 0.15) is 30.4 Å². The van der Waals surface area contributed by atoms with Crippen molar-refractivity contribution in [3.05, 3.63) is 41.0 Å². The SMILES string of the molecule is CC(C)n1nc(C=O)cc1-c1ccc(Cl)cc1. The minimum absolute atomic E-state index is 0.203. The number of carbonyl (C=O) groups excluding carboxylic acids is 1. The highest BCUT2D eigenvalue weighted by Gasteiger charge is 2.11. The van der Waals surface area contributed by atoms with E-state index >= 15 is 0 Å². The summed E-state index contributed by atoms with van der Waals surface area (Å²) in [6, 6.07) is 9.49. The molecule has 0 saturated carbocycles. The van der Waals surface area contributed by atoms with Gasteiger partial charge >= 0.3 is 0 Å². The highest BCUT2D eigenvalue weighted by Crippen LogP contribution is 2.24. The summed E-state index contributed by atoms with van der Waals surface area (Å²) in [5.41, 5.74) is 2.38. The fraction of sp³-hybridized carbons (Fsp3) is 0.231. The Bertz CT molecular complexity index is 529. The molecule has 1 aromatic heterocycles. The van der Waals surface area contributed by atoms with E-state index in [1.807, 2.05) is 42.8 Å². The quantitative estimate of drug-likeness (QED) is 0.778. The third-order valence-corrected chi connectivity index (χ3v) is 2.76. The molecule has 1 aromatic carbocycles. The molecule has 0 aliphatic rings. The van der Waals surface area contributed by atoms with E-state index in [0.29, 0.717) is 10.7 Å². The zero-order chi connectivity index (χ0) is 12.4. The van der Waals surface area contributed by atoms with Gasteiger partial charge < -0.3 is 0 Å². The van der Waals surface area contributed by atoms with Crippen molar-refractivity contribution >= 4 is 17.9 Å². The third kappa shape index (κ3) is 2.39. The summed E-state index contributed by atoms with van der Waals surface area (Å²) >= 11 is 5.86. The van der Waals surface area contributed by atoms with Crippen molar-refractivity contribution in [1.29, 1.82) is 0 Å². The Kier molecular flexibility index (Phi) is 3.29. The van der Waals surface area contributed by atoms with Gasteiger partial charge in [-0.2, -0.15) is 5.10 Å². The molecular weight excluding hydrogens is 236 g/mol. The van der Waals surface area contributed by atoms with Crippen LogP contribution < -0.4 is 0 Å². The second-order valence-electron chi connectivity index (χ2n) is 4.12. The first-order valence-corrected chi connectivity index (χ1v) is 5.80. The fourth-order valence-corrected chi connectivity index (χ4v) is 1.83. The van der Waals surface area contributed by atoms with Gasteiger partial charge in [-0.15, -0.1) is 0 Å². The number of aromatic nitrogens is 2. The summed E-state index contributed by atoms with van der Waals surface area (Å²) in [6.45, 7) is 4.06. The second kappa shape index (κ2) is 4.72. The maximum absolute atomic E-state index is 10.8. The van der Waals surface area contributed by atoms with Gasteiger partial charge in [0.05, 0.1) is 5.69 Å². The Labute approximate surface area is 105 Å². The molecule has 0 N–H and O–H groups in total. The van der Waals surface area contributed by atoms with Gasteiger partial charge in [-0.05, 0) is 37.6 Å². The van der Waals surface area contributed by atoms with E-state index in [1.165, 1.54) is 0 Å². The first-order valence-electron chi connectivity index (χ1n) is 5.42. The number of carbonyl (C=O) groups is 1. The predicted molar refractivity (Wildman–Crippen MR) is 68.4 cm³/mol. The summed E-state index contributed by atoms with van der Waals surface area (Å²) in [5, 5.41) is 4.94. The largest absolute Gasteiger partial charge is 0.296 e. The predicted octanol–water partition coefficient (Wildman–Crippen LogP) is 3.60. The lowest BCUT2D eigenvalue weighted by Gasteiger charge is -2.10. The van der Waals surface area contributed by atoms with Crippen LogP contribution in [0.2, 0.25) is 5.02 Å². The molecule has 0 radical (unpaired) electrons. The van der Waals surface area contributed by atoms with E-state index in [4.69, 9.17) is 11.6 Å². The van der Waals surface area contributed by atoms with Crippen LogP contribution in [0, 0.1) is 0 Å². The zero-order valence-corrected chi connectivity index (χ0v) is 10.5. The van der Waals surface area contributed by atoms with E-state index in [2.05, 4.69) is 5.10 Å². The number of nitrogens with zero attached hydrogens (tertiary/aromatic N) is 2. The summed E-state index contributed by atoms with van der Waals surface area (Å²) in [7, 11) is 0. The van der Waals surface area contributed by atoms with Crippen molar-refractivity contribution in [1.82, 2.24) is 9.78 Å². The van der Waals surface area contributed by atoms with Crippen LogP contribution in [0.25, 0.3) is 11.3 Å². The van der Waals surface area contributed by atoms with E-state index < -0.39 is 0 Å². The standard InChI is InChI=1S/C13H13ClN2O/c1-9(2)16-13(7-12(8-17)15-16)10-3-5-11(14)6-4-10/h3-9H,1-2H3. The summed E-state index contributed by atoms with van der Waals surface area (Å²) < 4.78 is 1.84. The molecule has 0 atom stereocenters. The second-order valence-corrected chi connectivity index (χ2v) is 4.55. The highest BCUT2D eigenvalue weighted by atomic mass is 35.5. The topological polar surface area (TPSA) is 34.9 Å². The van der Waals surface area contributed by atoms with Crippen molar-refractivity contribution in [2.45, 2.75) is 19.9 Å². The first kappa shape index (κ1) is 11.9. The number of halogens is 1. The van der Waals surface area contributed by atoms with Crippen molar-refractivity contribution in [2.75, 3.05) is 0 Å². The number of rotatable bonds is 3. The van der Waals surface area contributed by atoms with Crippen LogP contribution in [-0.2, 0) is 0 Å². The molecule has 0 saturated heterocycles. The molecular formula is C13H13ClN2O. The van der Waals surface area contributed by atoms with Crippen LogP contribution >= 0.6 is 11.6 Å². The average Bonchev–Trinajstić information content (AvgIpc) is 2.74. The van der Waals surface area contributed by atoms with Gasteiger partial charge in [0.1, 0.15) is 5.69 Å². The Morgan fingerprint density at radius 3 is 2.47 bits per heavy atom. The number of hydrogen-bond donors (Lipinski definition) is 0. The lowest BCUT2D eigenvalue weighted by Crippen LogP contribution is -2.05. The van der Waals surface area contributed by atoms with E-state index in [-0.39, 0.29) is 6.04 Å². The molecule has 2 rings (SSSR count). The van der Waals surface area contributed by atoms with Crippen molar-refractivity contribution in [2.24, 2.45) is 0 Å². The van der Waals surface area contributed by atoms with Crippen molar-refractivity contribution in [3.8, 4) is 11.3 Å². The van der Waals surface area contributed by atoms with Gasteiger partial charge in [-0.3, -0.25) is 9.48 Å². The van der Waals surface area contributed by atoms with Gasteiger partial charge in [-0.25, -0.2) is 0 Å². The monoisotopic (exact) mass is 248 g/mol. The molecule has 3 nitrogen and oxygen atoms in total. The zero-order valence-electron chi connectivity index (χ0n) is 9.72. The van der Waals surface area contributed by atoms with Crippen molar-refractivity contribution < 1.29 is 4.79 Å². The number of hydrogen-bond acceptors (Lipinski definition) is 2. The van der Waals surface area contributed by atoms with Gasteiger partial charge in [-0.1, -0.05) is 23.7 Å². The highest BCUT2D eigenvalue weighted by molar-refractivity contribution is 6.30. The average molecular weight is 249 g/mol. The Hall–Kier alpha value is -1.61. The van der Waals surface area contributed by atoms with Gasteiger partial charge in [0.15, 0.2) is 6.29 Å². The van der Waals surface area contributed by atoms with Crippen LogP contribution in [0.3, 0.4) is 0 Å². The van der Waals surface area contributed by atoms with Crippen molar-refractivity contribution in [3.63, 3.8) is 0 Å². The summed E-state index contributed by atoms with van der Waals surface area (Å²) in [4.78, 5) is 10.8. The van der Waals surface area contributed by atoms with Crippen LogP contribution in [0.4, 0.5) is 0 Å². The molecule has 0 aliphatic carbocycles. The number of aldehydes is 1. The molecule has 0 fully saturated rings. The maximum atomic E-state index is 10.8. The third-order valence-electron chi connectivity index (χ3n) is 2.50. The van der Waals surface area contributed by atoms with Gasteiger partial charge in [0.25, 0.3) is 0 Å². The smallest absolute Gasteiger partial charge is 0.170 e. The summed E-state index contributed by atoms with van der Waals surface area (Å²) in [5.74, 6) is 0. The molecule has 0 bridgehead atoms. The first-order chi connectivity index (χ1) is 8.11. The summed E-state index contributed by atoms with van der Waals surface area (Å²) in [6.07, 6.45) is 0.762. The maximum Gasteiger partial charge on any atom is 0.170 e. The lowest BCUT2D eigenvalue weighted by atomic mass is 10.1. The molecule has 2 aromatic rings. The molecule has 88 valence electrons. The Morgan fingerprint density at radius 2 is 1.94 bits per heavy atom. The van der Waals surface area contributed by atoms with Crippen LogP contribution in [0.5, 0.6) is 0 Å². The van der Waals surface area contributed by atoms with Crippen LogP contribution in [0.15, 0.2) is 30.3 Å². The minimum Gasteiger partial charge on any atom is -0.296 e. The molecule has 0 spiro atoms.